The van der Waals surface area contributed by atoms with Gasteiger partial charge in [-0.15, -0.1) is 0 Å². The number of hydrogen-bond donors (Lipinski definition) is 1. The average Bonchev–Trinajstić information content (AvgIpc) is 3.58. The number of fused-ring (bicyclic) bond motifs is 2. The quantitative estimate of drug-likeness (QED) is 0.448. The number of aromatic amines is 1. The van der Waals surface area contributed by atoms with Gasteiger partial charge in [-0.25, -0.2) is 24.3 Å². The van der Waals surface area contributed by atoms with Crippen molar-refractivity contribution in [3.63, 3.8) is 0 Å². The first-order valence-corrected chi connectivity index (χ1v) is 10.2. The highest BCUT2D eigenvalue weighted by molar-refractivity contribution is 5.83. The van der Waals surface area contributed by atoms with Gasteiger partial charge in [0.2, 0.25) is 5.69 Å². The minimum absolute atomic E-state index is 0.188. The molecule has 1 saturated heterocycles. The van der Waals surface area contributed by atoms with Gasteiger partial charge in [0.15, 0.2) is 17.3 Å². The Hall–Kier alpha value is -4.52. The van der Waals surface area contributed by atoms with E-state index in [1.807, 2.05) is 30.3 Å². The van der Waals surface area contributed by atoms with Crippen molar-refractivity contribution in [2.75, 3.05) is 11.4 Å². The fourth-order valence-corrected chi connectivity index (χ4v) is 4.46. The van der Waals surface area contributed by atoms with Crippen molar-refractivity contribution >= 4 is 28.2 Å². The van der Waals surface area contributed by atoms with Crippen LogP contribution in [0, 0.1) is 6.57 Å². The van der Waals surface area contributed by atoms with E-state index in [4.69, 9.17) is 11.7 Å². The third kappa shape index (κ3) is 2.61. The third-order valence-electron chi connectivity index (χ3n) is 5.85. The van der Waals surface area contributed by atoms with E-state index in [-0.39, 0.29) is 22.8 Å². The van der Waals surface area contributed by atoms with Crippen LogP contribution in [0.5, 0.6) is 0 Å². The molecule has 0 radical (unpaired) electrons. The average molecular weight is 423 g/mol. The highest BCUT2D eigenvalue weighted by Crippen LogP contribution is 2.37. The van der Waals surface area contributed by atoms with Crippen molar-refractivity contribution in [1.29, 1.82) is 0 Å². The summed E-state index contributed by atoms with van der Waals surface area (Å²) in [6.45, 7) is 8.21. The maximum Gasteiger partial charge on any atom is 0.271 e. The molecular formula is C22H17N9O. The molecule has 1 aromatic carbocycles. The zero-order chi connectivity index (χ0) is 21.7. The summed E-state index contributed by atoms with van der Waals surface area (Å²) in [7, 11) is 0. The molecule has 1 N–H and O–H groups in total. The maximum absolute atomic E-state index is 13.7. The molecule has 0 spiro atoms. The first-order valence-electron chi connectivity index (χ1n) is 10.2. The topological polar surface area (TPSA) is 101 Å². The lowest BCUT2D eigenvalue weighted by Crippen LogP contribution is -2.33. The number of H-pyrrole nitrogens is 1. The molecular weight excluding hydrogens is 406 g/mol. The van der Waals surface area contributed by atoms with E-state index >= 15 is 0 Å². The summed E-state index contributed by atoms with van der Waals surface area (Å²) in [6, 6.07) is 10.9. The van der Waals surface area contributed by atoms with E-state index in [1.165, 1.54) is 10.8 Å². The summed E-state index contributed by atoms with van der Waals surface area (Å²) in [5, 5.41) is 4.83. The molecule has 5 heterocycles. The summed E-state index contributed by atoms with van der Waals surface area (Å²) < 4.78 is 3.14. The van der Waals surface area contributed by atoms with E-state index in [9.17, 15) is 4.79 Å². The van der Waals surface area contributed by atoms with E-state index in [2.05, 4.69) is 29.7 Å². The lowest BCUT2D eigenvalue weighted by atomic mass is 10.2. The Kier molecular flexibility index (Phi) is 4.01. The van der Waals surface area contributed by atoms with Crippen LogP contribution in [0.4, 0.5) is 11.5 Å². The number of nitrogens with one attached hydrogen (secondary N) is 1. The molecule has 156 valence electrons. The van der Waals surface area contributed by atoms with Crippen LogP contribution >= 0.6 is 0 Å². The molecule has 0 aliphatic carbocycles. The SMILES string of the molecule is [C-]#[N+]c1ccn2nc([C@@H]3CCCN3c3ncnc4nc[nH]c34)n(-c3ccccc3)c(=O)c12. The van der Waals surface area contributed by atoms with E-state index in [0.717, 1.165) is 30.7 Å². The number of anilines is 1. The predicted octanol–water partition coefficient (Wildman–Crippen LogP) is 3.04. The van der Waals surface area contributed by atoms with Gasteiger partial charge in [-0.2, -0.15) is 5.10 Å². The third-order valence-corrected chi connectivity index (χ3v) is 5.85. The second-order valence-corrected chi connectivity index (χ2v) is 7.59. The first kappa shape index (κ1) is 18.3. The molecule has 0 amide bonds. The van der Waals surface area contributed by atoms with Crippen molar-refractivity contribution in [3.8, 4) is 5.69 Å². The summed E-state index contributed by atoms with van der Waals surface area (Å²) >= 11 is 0. The molecule has 4 aromatic heterocycles. The molecule has 5 aromatic rings. The molecule has 0 saturated carbocycles. The number of aromatic nitrogens is 7. The van der Waals surface area contributed by atoms with Crippen LogP contribution in [-0.2, 0) is 0 Å². The van der Waals surface area contributed by atoms with Crippen molar-refractivity contribution in [2.45, 2.75) is 18.9 Å². The molecule has 10 heteroatoms. The van der Waals surface area contributed by atoms with Crippen LogP contribution in [-0.4, -0.2) is 40.7 Å². The van der Waals surface area contributed by atoms with Crippen LogP contribution < -0.4 is 10.5 Å². The van der Waals surface area contributed by atoms with Gasteiger partial charge in [-0.05, 0) is 31.0 Å². The number of rotatable bonds is 3. The van der Waals surface area contributed by atoms with Gasteiger partial charge in [-0.3, -0.25) is 9.36 Å². The molecule has 32 heavy (non-hydrogen) atoms. The van der Waals surface area contributed by atoms with Gasteiger partial charge >= 0.3 is 0 Å². The fraction of sp³-hybridized carbons (Fsp3) is 0.182. The Balaban J connectivity index is 1.61. The normalized spacial score (nSPS) is 16.1. The van der Waals surface area contributed by atoms with Crippen molar-refractivity contribution in [1.82, 2.24) is 34.1 Å². The molecule has 1 aliphatic heterocycles. The van der Waals surface area contributed by atoms with Crippen molar-refractivity contribution in [3.05, 3.63) is 82.8 Å². The molecule has 1 aliphatic rings. The molecule has 0 unspecified atom stereocenters. The second kappa shape index (κ2) is 7.02. The molecule has 1 atom stereocenters. The summed E-state index contributed by atoms with van der Waals surface area (Å²) in [5.41, 5.74) is 2.35. The maximum atomic E-state index is 13.7. The van der Waals surface area contributed by atoms with Crippen molar-refractivity contribution in [2.24, 2.45) is 0 Å². The van der Waals surface area contributed by atoms with Gasteiger partial charge in [0.25, 0.3) is 5.56 Å². The van der Waals surface area contributed by atoms with Crippen molar-refractivity contribution < 1.29 is 0 Å². The van der Waals surface area contributed by atoms with Gasteiger partial charge in [-0.1, -0.05) is 18.2 Å². The zero-order valence-corrected chi connectivity index (χ0v) is 16.9. The van der Waals surface area contributed by atoms with Crippen LogP contribution in [0.3, 0.4) is 0 Å². The molecule has 6 rings (SSSR count). The van der Waals surface area contributed by atoms with Gasteiger partial charge in [0.05, 0.1) is 24.6 Å². The Labute approximate surface area is 181 Å². The van der Waals surface area contributed by atoms with Crippen LogP contribution in [0.1, 0.15) is 24.7 Å². The highest BCUT2D eigenvalue weighted by Gasteiger charge is 2.33. The molecule has 0 bridgehead atoms. The number of hydrogen-bond acceptors (Lipinski definition) is 6. The number of benzene rings is 1. The molecule has 1 fully saturated rings. The lowest BCUT2D eigenvalue weighted by Gasteiger charge is -2.27. The Morgan fingerprint density at radius 3 is 2.84 bits per heavy atom. The van der Waals surface area contributed by atoms with Crippen LogP contribution in [0.25, 0.3) is 27.2 Å². The predicted molar refractivity (Wildman–Crippen MR) is 118 cm³/mol. The second-order valence-electron chi connectivity index (χ2n) is 7.59. The largest absolute Gasteiger partial charge is 0.344 e. The van der Waals surface area contributed by atoms with Gasteiger partial charge < -0.3 is 9.88 Å². The van der Waals surface area contributed by atoms with Gasteiger partial charge in [0, 0.05) is 12.7 Å². The van der Waals surface area contributed by atoms with E-state index in [1.54, 1.807) is 23.2 Å². The lowest BCUT2D eigenvalue weighted by molar-refractivity contribution is 0.602. The Morgan fingerprint density at radius 2 is 2.00 bits per heavy atom. The smallest absolute Gasteiger partial charge is 0.271 e. The number of nitrogens with zero attached hydrogens (tertiary/aromatic N) is 8. The van der Waals surface area contributed by atoms with Crippen LogP contribution in [0.2, 0.25) is 0 Å². The van der Waals surface area contributed by atoms with Gasteiger partial charge in [0.1, 0.15) is 17.4 Å². The van der Waals surface area contributed by atoms with Crippen LogP contribution in [0.15, 0.2) is 60.0 Å². The summed E-state index contributed by atoms with van der Waals surface area (Å²) in [5.74, 6) is 1.34. The Bertz CT molecular complexity index is 1560. The fourth-order valence-electron chi connectivity index (χ4n) is 4.46. The van der Waals surface area contributed by atoms with E-state index < -0.39 is 0 Å². The highest BCUT2D eigenvalue weighted by atomic mass is 16.1. The standard InChI is InChI=1S/C22H17N9O/c1-23-15-9-11-30-18(15)22(32)31(14-6-3-2-4-7-14)20(28-30)16-8-5-10-29(16)21-17-19(25-12-24-17)26-13-27-21/h2-4,6-7,9,11-13,16H,5,8,10H2,(H,24,25,26,27)/t16-/m0/s1. The first-order chi connectivity index (χ1) is 15.8. The Morgan fingerprint density at radius 1 is 1.12 bits per heavy atom. The minimum atomic E-state index is -0.265. The number of imidazole rings is 1. The summed E-state index contributed by atoms with van der Waals surface area (Å²) in [4.78, 5) is 35.4. The summed E-state index contributed by atoms with van der Waals surface area (Å²) in [6.07, 6.45) is 6.50. The zero-order valence-electron chi connectivity index (χ0n) is 16.9. The molecule has 10 nitrogen and oxygen atoms in total. The minimum Gasteiger partial charge on any atom is -0.344 e. The monoisotopic (exact) mass is 423 g/mol. The van der Waals surface area contributed by atoms with E-state index in [0.29, 0.717) is 17.2 Å². The number of para-hydroxylation sites is 1.